The van der Waals surface area contributed by atoms with Crippen LogP contribution < -0.4 is 14.8 Å². The van der Waals surface area contributed by atoms with Crippen molar-refractivity contribution >= 4 is 17.7 Å². The summed E-state index contributed by atoms with van der Waals surface area (Å²) in [6.45, 7) is 3.99. The Kier molecular flexibility index (Phi) is 6.83. The van der Waals surface area contributed by atoms with Crippen molar-refractivity contribution in [3.8, 4) is 11.5 Å². The first-order valence-corrected chi connectivity index (χ1v) is 11.3. The molecule has 0 bridgehead atoms. The van der Waals surface area contributed by atoms with Crippen LogP contribution in [0.5, 0.6) is 11.5 Å². The van der Waals surface area contributed by atoms with E-state index in [1.54, 1.807) is 18.2 Å². The molecule has 0 aromatic heterocycles. The Hall–Kier alpha value is -3.13. The van der Waals surface area contributed by atoms with Gasteiger partial charge in [0.05, 0.1) is 18.8 Å². The van der Waals surface area contributed by atoms with Gasteiger partial charge in [0, 0.05) is 42.8 Å². The van der Waals surface area contributed by atoms with E-state index in [-0.39, 0.29) is 24.2 Å². The minimum Gasteiger partial charge on any atom is -0.493 e. The van der Waals surface area contributed by atoms with E-state index in [4.69, 9.17) is 18.9 Å². The summed E-state index contributed by atoms with van der Waals surface area (Å²) in [5, 5.41) is 3.28. The fraction of sp³-hybridized carbons (Fsp3) is 0.480. The molecular weight excluding hydrogens is 426 g/mol. The smallest absolute Gasteiger partial charge is 0.336 e. The molecule has 1 aliphatic carbocycles. The van der Waals surface area contributed by atoms with Crippen molar-refractivity contribution in [1.82, 2.24) is 5.32 Å². The summed E-state index contributed by atoms with van der Waals surface area (Å²) in [5.74, 6) is -0.926. The van der Waals surface area contributed by atoms with Crippen LogP contribution in [0, 0.1) is 0 Å². The molecule has 1 aromatic rings. The lowest BCUT2D eigenvalue weighted by atomic mass is 9.75. The Bertz CT molecular complexity index is 1030. The molecule has 1 N–H and O–H groups in total. The number of nitrogens with one attached hydrogen (secondary N) is 1. The molecule has 2 heterocycles. The van der Waals surface area contributed by atoms with E-state index < -0.39 is 17.9 Å². The van der Waals surface area contributed by atoms with Gasteiger partial charge in [0.1, 0.15) is 6.61 Å². The molecule has 4 rings (SSSR count). The fourth-order valence-electron chi connectivity index (χ4n) is 4.71. The Morgan fingerprint density at radius 3 is 2.70 bits per heavy atom. The van der Waals surface area contributed by atoms with E-state index in [0.29, 0.717) is 41.2 Å². The lowest BCUT2D eigenvalue weighted by Gasteiger charge is -2.34. The number of benzene rings is 1. The molecule has 1 saturated heterocycles. The van der Waals surface area contributed by atoms with Crippen LogP contribution in [0.2, 0.25) is 0 Å². The summed E-state index contributed by atoms with van der Waals surface area (Å²) in [4.78, 5) is 37.8. The number of hydrogen-bond acceptors (Lipinski definition) is 8. The number of methoxy groups -OCH3 is 1. The Morgan fingerprint density at radius 1 is 1.18 bits per heavy atom. The highest BCUT2D eigenvalue weighted by atomic mass is 16.6. The van der Waals surface area contributed by atoms with E-state index in [1.807, 2.05) is 6.92 Å². The molecular formula is C25H29NO7. The van der Waals surface area contributed by atoms with Crippen molar-refractivity contribution in [2.24, 2.45) is 0 Å². The van der Waals surface area contributed by atoms with Gasteiger partial charge >= 0.3 is 11.9 Å². The normalized spacial score (nSPS) is 22.6. The van der Waals surface area contributed by atoms with Crippen molar-refractivity contribution in [1.29, 1.82) is 0 Å². The minimum absolute atomic E-state index is 0.00806. The third kappa shape index (κ3) is 4.80. The zero-order valence-corrected chi connectivity index (χ0v) is 19.2. The van der Waals surface area contributed by atoms with Crippen LogP contribution in [0.4, 0.5) is 0 Å². The quantitative estimate of drug-likeness (QED) is 0.515. The van der Waals surface area contributed by atoms with Crippen LogP contribution in [0.25, 0.3) is 0 Å². The number of esters is 2. The number of ether oxygens (including phenoxy) is 4. The molecule has 0 amide bonds. The first-order chi connectivity index (χ1) is 15.9. The van der Waals surface area contributed by atoms with Crippen LogP contribution in [-0.4, -0.2) is 44.1 Å². The maximum Gasteiger partial charge on any atom is 0.336 e. The van der Waals surface area contributed by atoms with Gasteiger partial charge in [0.15, 0.2) is 17.3 Å². The van der Waals surface area contributed by atoms with Gasteiger partial charge < -0.3 is 24.3 Å². The molecule has 176 valence electrons. The molecule has 1 fully saturated rings. The zero-order valence-electron chi connectivity index (χ0n) is 19.2. The van der Waals surface area contributed by atoms with Crippen LogP contribution in [0.1, 0.15) is 57.4 Å². The molecule has 0 spiro atoms. The summed E-state index contributed by atoms with van der Waals surface area (Å²) < 4.78 is 21.9. The van der Waals surface area contributed by atoms with Gasteiger partial charge in [0.25, 0.3) is 0 Å². The van der Waals surface area contributed by atoms with Gasteiger partial charge in [-0.3, -0.25) is 9.59 Å². The number of allylic oxidation sites excluding steroid dienone is 3. The molecule has 1 aromatic carbocycles. The predicted molar refractivity (Wildman–Crippen MR) is 119 cm³/mol. The first kappa shape index (κ1) is 23.0. The average Bonchev–Trinajstić information content (AvgIpc) is 3.30. The van der Waals surface area contributed by atoms with Crippen molar-refractivity contribution in [2.75, 3.05) is 20.3 Å². The second kappa shape index (κ2) is 9.79. The summed E-state index contributed by atoms with van der Waals surface area (Å²) >= 11 is 0. The topological polar surface area (TPSA) is 100 Å². The molecule has 33 heavy (non-hydrogen) atoms. The third-order valence-corrected chi connectivity index (χ3v) is 6.19. The first-order valence-electron chi connectivity index (χ1n) is 11.3. The summed E-state index contributed by atoms with van der Waals surface area (Å²) in [6, 6.07) is 5.08. The van der Waals surface area contributed by atoms with Gasteiger partial charge in [-0.1, -0.05) is 6.07 Å². The lowest BCUT2D eigenvalue weighted by Crippen LogP contribution is -2.35. The summed E-state index contributed by atoms with van der Waals surface area (Å²) in [6.07, 6.45) is 3.63. The van der Waals surface area contributed by atoms with Crippen molar-refractivity contribution in [3.05, 3.63) is 46.3 Å². The Balaban J connectivity index is 1.73. The molecule has 0 radical (unpaired) electrons. The predicted octanol–water partition coefficient (Wildman–Crippen LogP) is 3.31. The average molecular weight is 456 g/mol. The molecule has 2 unspecified atom stereocenters. The van der Waals surface area contributed by atoms with Crippen molar-refractivity contribution < 1.29 is 33.3 Å². The number of dihydropyridines is 1. The number of ketones is 1. The van der Waals surface area contributed by atoms with Gasteiger partial charge in [0.2, 0.25) is 0 Å². The maximum atomic E-state index is 13.3. The second-order valence-electron chi connectivity index (χ2n) is 8.50. The van der Waals surface area contributed by atoms with E-state index in [2.05, 4.69) is 5.32 Å². The lowest BCUT2D eigenvalue weighted by molar-refractivity contribution is -0.142. The van der Waals surface area contributed by atoms with Crippen LogP contribution in [0.3, 0.4) is 0 Å². The van der Waals surface area contributed by atoms with E-state index >= 15 is 0 Å². The number of carbonyl (C=O) groups excluding carboxylic acids is 3. The number of hydrogen-bond donors (Lipinski definition) is 1. The number of rotatable bonds is 6. The highest BCUT2D eigenvalue weighted by Gasteiger charge is 2.39. The molecule has 3 aliphatic rings. The monoisotopic (exact) mass is 455 g/mol. The Labute approximate surface area is 192 Å². The van der Waals surface area contributed by atoms with Gasteiger partial charge in [-0.2, -0.15) is 0 Å². The molecule has 8 nitrogen and oxygen atoms in total. The number of Topliss-reactive ketones (excluding diaryl/α,β-unsaturated/α-hetero) is 1. The van der Waals surface area contributed by atoms with Crippen molar-refractivity contribution in [2.45, 2.75) is 58.0 Å². The van der Waals surface area contributed by atoms with Crippen molar-refractivity contribution in [3.63, 3.8) is 0 Å². The van der Waals surface area contributed by atoms with Gasteiger partial charge in [-0.05, 0) is 50.3 Å². The molecule has 2 atom stereocenters. The summed E-state index contributed by atoms with van der Waals surface area (Å²) in [5.41, 5.74) is 3.17. The van der Waals surface area contributed by atoms with Crippen LogP contribution >= 0.6 is 0 Å². The summed E-state index contributed by atoms with van der Waals surface area (Å²) in [7, 11) is 1.48. The van der Waals surface area contributed by atoms with E-state index in [1.165, 1.54) is 14.0 Å². The highest BCUT2D eigenvalue weighted by molar-refractivity contribution is 6.03. The maximum absolute atomic E-state index is 13.3. The zero-order chi connectivity index (χ0) is 23.5. The Morgan fingerprint density at radius 2 is 2.00 bits per heavy atom. The molecule has 8 heteroatoms. The van der Waals surface area contributed by atoms with E-state index in [9.17, 15) is 14.4 Å². The third-order valence-electron chi connectivity index (χ3n) is 6.19. The molecule has 2 aliphatic heterocycles. The fourth-order valence-corrected chi connectivity index (χ4v) is 4.71. The van der Waals surface area contributed by atoms with Gasteiger partial charge in [-0.25, -0.2) is 4.79 Å². The van der Waals surface area contributed by atoms with Crippen LogP contribution in [0.15, 0.2) is 40.7 Å². The number of carbonyl (C=O) groups is 3. The van der Waals surface area contributed by atoms with E-state index in [0.717, 1.165) is 31.4 Å². The highest BCUT2D eigenvalue weighted by Crippen LogP contribution is 2.44. The minimum atomic E-state index is -0.605. The second-order valence-corrected chi connectivity index (χ2v) is 8.50. The SMILES string of the molecule is COc1cc(C2C(C(=O)OCC3CCCO3)=C(C)NC3=C2C(=O)CCC3)ccc1OC(C)=O. The van der Waals surface area contributed by atoms with Gasteiger partial charge in [-0.15, -0.1) is 0 Å². The van der Waals surface area contributed by atoms with Crippen LogP contribution in [-0.2, 0) is 23.9 Å². The molecule has 0 saturated carbocycles. The standard InChI is InChI=1S/C25H29NO7/c1-14-22(25(29)32-13-17-6-5-11-31-17)23(24-18(26-14)7-4-8-19(24)28)16-9-10-20(33-15(2)27)21(12-16)30-3/h9-10,12,17,23,26H,4-8,11,13H2,1-3H3. The largest absolute Gasteiger partial charge is 0.493 e.